The number of carbonyl (C=O) groups excluding carboxylic acids is 1. The topological polar surface area (TPSA) is 466 Å². The van der Waals surface area contributed by atoms with E-state index in [1.807, 2.05) is 37.2 Å². The van der Waals surface area contributed by atoms with Crippen LogP contribution in [0.2, 0.25) is 0 Å². The van der Waals surface area contributed by atoms with Crippen LogP contribution in [-0.4, -0.2) is 411 Å². The van der Waals surface area contributed by atoms with Crippen LogP contribution in [0.25, 0.3) is 16.0 Å². The lowest BCUT2D eigenvalue weighted by molar-refractivity contribution is -0.142. The highest BCUT2D eigenvalue weighted by molar-refractivity contribution is 8.19. The van der Waals surface area contributed by atoms with E-state index in [9.17, 15) is 44.8 Å². The number of aromatic nitrogens is 1. The summed E-state index contributed by atoms with van der Waals surface area (Å²) >= 11 is 1.87. The number of thiophene rings is 1. The van der Waals surface area contributed by atoms with E-state index < -0.39 is 120 Å². The van der Waals surface area contributed by atoms with E-state index in [1.54, 1.807) is 39.4 Å². The molecule has 3 aromatic carbocycles. The number of benzene rings is 3. The first-order valence-electron chi connectivity index (χ1n) is 46.3. The largest absolute Gasteiger partial charge is 0.492 e. The molecule has 5 aromatic rings. The standard InChI is InChI=1S/C91H136F3N5O36S6/c1-90(2)70-60-79(139(104,105)65-133-57-56-132-55-54-131-53-52-123-35-31-118-25-21-113-15-11-95-10-14-112-20-24-117-30-34-122-37-33-120-27-23-115-17-13-100)137-86(70)66-58-68-74(62-72(66)97(90)5)134-75-63-73-67(59-69(75)81(68)82-83(92)88(84(93)85(94)89(82)141(108,109)110)136-64-78(103)135-99-76(101)8-9-77(99)102)87-71(91(3,4)98(73)6)61-80(138-87)140(106,107)96-12-16-114-22-26-119-32-36-124-40-41-126-44-45-128-48-49-130-51-50-129-47-46-127-43-42-125-39-38-121-29-28-116-19-18-111-7/h8-9,58-63,70,86,95-96,100H,10-57,64-65H2,1-7H3,(H2-,101,102,108,109,110)/p+1. The van der Waals surface area contributed by atoms with E-state index in [1.165, 1.54) is 18.2 Å². The number of nitrogens with one attached hydrogen (secondary N) is 2. The molecule has 0 spiro atoms. The van der Waals surface area contributed by atoms with Crippen molar-refractivity contribution < 1.29 is 182 Å². The van der Waals surface area contributed by atoms with Gasteiger partial charge in [0.1, 0.15) is 33.5 Å². The first-order chi connectivity index (χ1) is 68.1. The van der Waals surface area contributed by atoms with Gasteiger partial charge in [-0.15, -0.1) is 39.6 Å². The summed E-state index contributed by atoms with van der Waals surface area (Å²) in [5.41, 5.74) is -2.16. The fraction of sp³-hybridized carbons (Fsp3) is 0.670. The Bertz CT molecular complexity index is 5100. The highest BCUT2D eigenvalue weighted by Crippen LogP contribution is 2.61. The van der Waals surface area contributed by atoms with Gasteiger partial charge in [0.2, 0.25) is 37.0 Å². The number of anilines is 1. The van der Waals surface area contributed by atoms with Gasteiger partial charge < -0.3 is 144 Å². The van der Waals surface area contributed by atoms with Gasteiger partial charge in [-0.2, -0.15) is 8.42 Å². The second-order valence-electron chi connectivity index (χ2n) is 32.3. The molecule has 0 bridgehead atoms. The monoisotopic (exact) mass is 2120 g/mol. The van der Waals surface area contributed by atoms with E-state index in [2.05, 4.69) is 10.0 Å². The van der Waals surface area contributed by atoms with Crippen molar-refractivity contribution in [2.24, 2.45) is 5.92 Å². The molecule has 0 radical (unpaired) electrons. The average Bonchev–Trinajstić information content (AvgIpc) is 1.69. The van der Waals surface area contributed by atoms with Crippen LogP contribution in [0.3, 0.4) is 0 Å². The van der Waals surface area contributed by atoms with Gasteiger partial charge in [0.25, 0.3) is 10.1 Å². The van der Waals surface area contributed by atoms with Gasteiger partial charge in [0.05, 0.1) is 329 Å². The number of aliphatic hydroxyl groups excluding tert-OH is 1. The van der Waals surface area contributed by atoms with Gasteiger partial charge >= 0.3 is 5.97 Å². The number of hydrogen-bond acceptors (Lipinski definition) is 40. The van der Waals surface area contributed by atoms with Gasteiger partial charge in [0, 0.05) is 116 Å². The molecule has 50 heteroatoms. The maximum absolute atomic E-state index is 18.4. The maximum Gasteiger partial charge on any atom is 0.343 e. The molecular formula is C91H137F3N5O36S6+. The zero-order chi connectivity index (χ0) is 101. The Balaban J connectivity index is 0.739. The third-order valence-electron chi connectivity index (χ3n) is 22.0. The van der Waals surface area contributed by atoms with Crippen LogP contribution >= 0.6 is 34.9 Å². The molecule has 141 heavy (non-hydrogen) atoms. The normalized spacial score (nSPS) is 15.4. The van der Waals surface area contributed by atoms with Gasteiger partial charge in [-0.3, -0.25) is 4.55 Å². The number of sulfonamides is 1. The zero-order valence-corrected chi connectivity index (χ0v) is 85.8. The lowest BCUT2D eigenvalue weighted by Gasteiger charge is -2.49. The Hall–Kier alpha value is -6.02. The number of carbonyl (C=O) groups is 1. The van der Waals surface area contributed by atoms with Crippen LogP contribution in [0.1, 0.15) is 55.2 Å². The molecule has 6 N–H and O–H groups in total. The number of thioether (sulfide) groups is 2. The number of methoxy groups -OCH3 is 1. The Labute approximate surface area is 833 Å². The van der Waals surface area contributed by atoms with Crippen LogP contribution in [0, 0.1) is 23.4 Å². The highest BCUT2D eigenvalue weighted by atomic mass is 32.3. The van der Waals surface area contributed by atoms with Crippen LogP contribution in [0.15, 0.2) is 66.8 Å². The van der Waals surface area contributed by atoms with E-state index in [0.29, 0.717) is 270 Å². The third kappa shape index (κ3) is 38.0. The zero-order valence-electron chi connectivity index (χ0n) is 80.9. The first-order valence-corrected chi connectivity index (χ1v) is 53.6. The summed E-state index contributed by atoms with van der Waals surface area (Å²) in [5, 5.41) is 31.8. The number of fused-ring (bicyclic) bond motifs is 8. The second kappa shape index (κ2) is 63.6. The van der Waals surface area contributed by atoms with Crippen LogP contribution in [0.4, 0.5) is 18.9 Å². The molecule has 4 aliphatic heterocycles. The maximum atomic E-state index is 18.4. The molecule has 0 saturated carbocycles. The smallest absolute Gasteiger partial charge is 0.343 e. The van der Waals surface area contributed by atoms with Gasteiger partial charge in [-0.1, -0.05) is 6.08 Å². The number of ether oxygens (including phenoxy) is 24. The molecule has 2 unspecified atom stereocenters. The van der Waals surface area contributed by atoms with Crippen molar-refractivity contribution in [2.75, 3.05) is 355 Å². The molecule has 798 valence electrons. The van der Waals surface area contributed by atoms with E-state index in [4.69, 9.17) is 124 Å². The molecule has 41 nitrogen and oxygen atoms in total. The summed E-state index contributed by atoms with van der Waals surface area (Å²) in [6.45, 7) is 24.7. The van der Waals surface area contributed by atoms with Crippen molar-refractivity contribution in [1.82, 2.24) is 19.3 Å². The Morgan fingerprint density at radius 3 is 1.33 bits per heavy atom. The van der Waals surface area contributed by atoms with E-state index >= 15 is 13.2 Å². The number of aliphatic hydroxyl groups is 1. The molecular weight excluding hydrogens is 1990 g/mol. The molecule has 2 aromatic heterocycles. The van der Waals surface area contributed by atoms with Crippen molar-refractivity contribution in [1.29, 1.82) is 0 Å². The molecule has 0 amide bonds. The van der Waals surface area contributed by atoms with Crippen molar-refractivity contribution in [3.8, 4) is 33.7 Å². The molecule has 6 heterocycles. The number of sulfone groups is 1. The average molecular weight is 2130 g/mol. The third-order valence-corrected chi connectivity index (χ3v) is 30.5. The summed E-state index contributed by atoms with van der Waals surface area (Å²) < 4.78 is 287. The van der Waals surface area contributed by atoms with E-state index in [0.717, 1.165) is 35.2 Å². The number of nitrogens with zero attached hydrogens (tertiary/aromatic N) is 3. The predicted octanol–water partition coefficient (Wildman–Crippen LogP) is 4.48. The number of hydrogen-bond donors (Lipinski definition) is 6. The Kier molecular flexibility index (Phi) is 53.5. The van der Waals surface area contributed by atoms with Crippen molar-refractivity contribution in [2.45, 2.75) is 58.0 Å². The lowest BCUT2D eigenvalue weighted by Crippen LogP contribution is -2.51. The van der Waals surface area contributed by atoms with Crippen LogP contribution in [0.5, 0.6) is 23.3 Å². The Morgan fingerprint density at radius 1 is 0.511 bits per heavy atom. The number of halogens is 3. The SMILES string of the molecule is COCCOCCOCCOCCOCCOCCOCCOCCOCCOCCOCCOCCNS(=O)(=O)c1cc2c(s1)-c1cc3c(cc1=[N+](C)C2(C)C)Oc1cc2c(cc1C=3c1c(F)c(SCC(=O)On3c(O)ccc3O)c(F)c(F)c1S(=O)(=O)O)C1SC(S(=O)(=O)COCCOCCOCCOCCOCCOCCNCCOCCOCCOCCOCCOCCO)=CC1C(C)(C)N2C. The summed E-state index contributed by atoms with van der Waals surface area (Å²) in [4.78, 5) is 17.5. The summed E-state index contributed by atoms with van der Waals surface area (Å²) in [6, 6.07) is 9.49. The van der Waals surface area contributed by atoms with Gasteiger partial charge in [-0.05, 0) is 37.6 Å². The number of rotatable bonds is 82. The highest BCUT2D eigenvalue weighted by Gasteiger charge is 2.51. The fourth-order valence-corrected chi connectivity index (χ4v) is 21.8. The van der Waals surface area contributed by atoms with E-state index in [-0.39, 0.29) is 127 Å². The molecule has 0 saturated heterocycles. The molecule has 0 fully saturated rings. The first kappa shape index (κ1) is 119. The fourth-order valence-electron chi connectivity index (χ4n) is 14.4. The summed E-state index contributed by atoms with van der Waals surface area (Å²) in [5.74, 6) is -11.7. The minimum atomic E-state index is -6.02. The molecule has 9 rings (SSSR count). The predicted molar refractivity (Wildman–Crippen MR) is 512 cm³/mol. The quantitative estimate of drug-likeness (QED) is 0.0101. The van der Waals surface area contributed by atoms with Gasteiger partial charge in [-0.25, -0.2) is 44.1 Å². The second-order valence-corrected chi connectivity index (χ2v) is 41.1. The van der Waals surface area contributed by atoms with Crippen molar-refractivity contribution in [3.63, 3.8) is 0 Å². The van der Waals surface area contributed by atoms with Gasteiger partial charge in [0.15, 0.2) is 23.1 Å². The van der Waals surface area contributed by atoms with Crippen molar-refractivity contribution >= 4 is 82.1 Å². The summed E-state index contributed by atoms with van der Waals surface area (Å²) in [6.07, 6.45) is 1.62. The summed E-state index contributed by atoms with van der Waals surface area (Å²) in [7, 11) is -9.42. The van der Waals surface area contributed by atoms with Crippen LogP contribution < -0.4 is 39.7 Å². The van der Waals surface area contributed by atoms with Crippen molar-refractivity contribution in [3.05, 3.63) is 103 Å². The minimum absolute atomic E-state index is 0.0115. The minimum Gasteiger partial charge on any atom is -0.492 e. The molecule has 0 aliphatic carbocycles. The lowest BCUT2D eigenvalue weighted by atomic mass is 9.76. The molecule has 4 aliphatic rings. The van der Waals surface area contributed by atoms with Crippen LogP contribution in [-0.2, 0) is 149 Å². The Morgan fingerprint density at radius 2 is 0.915 bits per heavy atom. The number of aromatic hydroxyl groups is 2. The molecule has 2 atom stereocenters.